The highest BCUT2D eigenvalue weighted by atomic mass is 79.9. The molecule has 2 atom stereocenters. The molecule has 0 saturated heterocycles. The zero-order chi connectivity index (χ0) is 20.6. The van der Waals surface area contributed by atoms with Gasteiger partial charge in [0.05, 0.1) is 4.92 Å². The van der Waals surface area contributed by atoms with Gasteiger partial charge in [-0.2, -0.15) is 0 Å². The molecule has 1 aromatic heterocycles. The number of nitro groups is 2. The van der Waals surface area contributed by atoms with Crippen LogP contribution < -0.4 is 5.56 Å². The van der Waals surface area contributed by atoms with E-state index < -0.39 is 32.3 Å². The summed E-state index contributed by atoms with van der Waals surface area (Å²) < 4.78 is 2.18. The van der Waals surface area contributed by atoms with Gasteiger partial charge in [-0.05, 0) is 33.0 Å². The number of carbonyl (C=O) groups is 1. The third-order valence-corrected chi connectivity index (χ3v) is 5.37. The zero-order valence-electron chi connectivity index (χ0n) is 14.5. The zero-order valence-corrected chi connectivity index (χ0v) is 16.9. The van der Waals surface area contributed by atoms with Crippen LogP contribution in [0.5, 0.6) is 0 Å². The third-order valence-electron chi connectivity index (χ3n) is 3.98. The fourth-order valence-corrected chi connectivity index (χ4v) is 3.87. The van der Waals surface area contributed by atoms with Crippen LogP contribution in [0.2, 0.25) is 0 Å². The second-order valence-electron chi connectivity index (χ2n) is 6.14. The molecular formula is C15H15BrN4O6S. The minimum Gasteiger partial charge on any atom is -0.282 e. The molecule has 1 aliphatic rings. The number of halogens is 1. The van der Waals surface area contributed by atoms with Crippen LogP contribution in [-0.4, -0.2) is 35.8 Å². The number of hydrogen-bond donors (Lipinski definition) is 0. The number of alkyl halides is 1. The summed E-state index contributed by atoms with van der Waals surface area (Å²) in [5.41, 5.74) is -0.919. The van der Waals surface area contributed by atoms with E-state index in [-0.39, 0.29) is 27.6 Å². The van der Waals surface area contributed by atoms with E-state index in [1.54, 1.807) is 13.8 Å². The van der Waals surface area contributed by atoms with Crippen molar-refractivity contribution >= 4 is 34.1 Å². The Bertz CT molecular complexity index is 1020. The molecule has 0 spiro atoms. The topological polar surface area (TPSA) is 130 Å². The largest absolute Gasteiger partial charge is 0.282 e. The van der Waals surface area contributed by atoms with Crippen LogP contribution in [0.15, 0.2) is 34.3 Å². The summed E-state index contributed by atoms with van der Waals surface area (Å²) in [5, 5.41) is 22.5. The molecule has 0 amide bonds. The maximum Gasteiger partial charge on any atom is 0.267 e. The van der Waals surface area contributed by atoms with Gasteiger partial charge in [-0.1, -0.05) is 15.9 Å². The van der Waals surface area contributed by atoms with Crippen molar-refractivity contribution in [1.29, 1.82) is 0 Å². The fraction of sp³-hybridized carbons (Fsp3) is 0.400. The average molecular weight is 459 g/mol. The Balaban J connectivity index is 2.70. The van der Waals surface area contributed by atoms with Gasteiger partial charge in [-0.15, -0.1) is 0 Å². The molecule has 2 rings (SSSR count). The van der Waals surface area contributed by atoms with Crippen LogP contribution >= 0.6 is 28.1 Å². The molecule has 0 saturated carbocycles. The maximum atomic E-state index is 13.0. The molecule has 0 radical (unpaired) electrons. The molecule has 27 heavy (non-hydrogen) atoms. The van der Waals surface area contributed by atoms with Gasteiger partial charge in [0.15, 0.2) is 9.60 Å². The Labute approximate surface area is 166 Å². The summed E-state index contributed by atoms with van der Waals surface area (Å²) in [6, 6.07) is -0.610. The highest BCUT2D eigenvalue weighted by Crippen LogP contribution is 2.28. The second kappa shape index (κ2) is 7.64. The molecule has 0 fully saturated rings. The molecule has 1 heterocycles. The summed E-state index contributed by atoms with van der Waals surface area (Å²) in [4.78, 5) is 44.9. The van der Waals surface area contributed by atoms with E-state index >= 15 is 0 Å². The van der Waals surface area contributed by atoms with E-state index in [2.05, 4.69) is 15.9 Å². The normalized spacial score (nSPS) is 19.4. The minimum atomic E-state index is -1.50. The van der Waals surface area contributed by atoms with Crippen molar-refractivity contribution in [3.8, 4) is 0 Å². The molecule has 12 heteroatoms. The second-order valence-corrected chi connectivity index (χ2v) is 7.49. The lowest BCUT2D eigenvalue weighted by Gasteiger charge is -2.19. The first-order valence-corrected chi connectivity index (χ1v) is 9.05. The number of hydrogen-bond acceptors (Lipinski definition) is 7. The van der Waals surface area contributed by atoms with Crippen molar-refractivity contribution in [1.82, 2.24) is 9.13 Å². The van der Waals surface area contributed by atoms with Crippen molar-refractivity contribution in [2.75, 3.05) is 0 Å². The van der Waals surface area contributed by atoms with E-state index in [0.29, 0.717) is 0 Å². The van der Waals surface area contributed by atoms with Gasteiger partial charge < -0.3 is 0 Å². The lowest BCUT2D eigenvalue weighted by atomic mass is 9.99. The van der Waals surface area contributed by atoms with Crippen LogP contribution in [0.25, 0.3) is 0 Å². The van der Waals surface area contributed by atoms with E-state index in [9.17, 15) is 29.8 Å². The Hall–Kier alpha value is -2.47. The lowest BCUT2D eigenvalue weighted by molar-refractivity contribution is -0.515. The van der Waals surface area contributed by atoms with E-state index in [4.69, 9.17) is 12.2 Å². The fourth-order valence-electron chi connectivity index (χ4n) is 2.70. The van der Waals surface area contributed by atoms with Gasteiger partial charge in [0.25, 0.3) is 23.2 Å². The van der Waals surface area contributed by atoms with Gasteiger partial charge in [0.2, 0.25) is 0 Å². The van der Waals surface area contributed by atoms with Crippen LogP contribution in [0.3, 0.4) is 0 Å². The number of nitrogens with zero attached hydrogens (tertiary/aromatic N) is 4. The Morgan fingerprint density at radius 1 is 1.33 bits per heavy atom. The number of carbonyl (C=O) groups excluding carboxylic acids is 1. The standard InChI is InChI=1S/C15H15BrN4O6S/c1-7(2)17-12(21)4-8(3)18(15(17)27)14(22)9-5-10(19(23)24)13(16)11(6-9)20(25)26/h4-7,10,13H,1-3H3. The van der Waals surface area contributed by atoms with Gasteiger partial charge in [0, 0.05) is 40.5 Å². The van der Waals surface area contributed by atoms with Gasteiger partial charge >= 0.3 is 0 Å². The quantitative estimate of drug-likeness (QED) is 0.293. The number of rotatable bonds is 4. The lowest BCUT2D eigenvalue weighted by Crippen LogP contribution is -2.36. The Morgan fingerprint density at radius 3 is 2.41 bits per heavy atom. The summed E-state index contributed by atoms with van der Waals surface area (Å²) in [6.07, 6.45) is 2.02. The van der Waals surface area contributed by atoms with E-state index in [1.165, 1.54) is 17.6 Å². The molecule has 0 aromatic carbocycles. The average Bonchev–Trinajstić information content (AvgIpc) is 2.53. The SMILES string of the molecule is Cc1cc(=O)n(C(C)C)c(=S)n1C(=O)C1=CC([N+](=O)[O-])C(Br)C([N+](=O)[O-])=C1. The van der Waals surface area contributed by atoms with Gasteiger partial charge in [-0.25, -0.2) is 0 Å². The number of aryl methyl sites for hydroxylation is 1. The molecule has 1 aliphatic carbocycles. The summed E-state index contributed by atoms with van der Waals surface area (Å²) in [5.74, 6) is -0.780. The monoisotopic (exact) mass is 458 g/mol. The summed E-state index contributed by atoms with van der Waals surface area (Å²) in [6.45, 7) is 4.91. The molecule has 0 bridgehead atoms. The molecular weight excluding hydrogens is 444 g/mol. The Morgan fingerprint density at radius 2 is 1.93 bits per heavy atom. The molecule has 10 nitrogen and oxygen atoms in total. The van der Waals surface area contributed by atoms with Gasteiger partial charge in [0.1, 0.15) is 0 Å². The highest BCUT2D eigenvalue weighted by molar-refractivity contribution is 9.09. The summed E-state index contributed by atoms with van der Waals surface area (Å²) >= 11 is 8.20. The smallest absolute Gasteiger partial charge is 0.267 e. The predicted molar refractivity (Wildman–Crippen MR) is 102 cm³/mol. The molecule has 0 aliphatic heterocycles. The predicted octanol–water partition coefficient (Wildman–Crippen LogP) is 2.42. The third kappa shape index (κ3) is 3.81. The highest BCUT2D eigenvalue weighted by Gasteiger charge is 2.42. The number of aromatic nitrogens is 2. The Kier molecular flexibility index (Phi) is 5.90. The first-order valence-electron chi connectivity index (χ1n) is 7.72. The molecule has 1 aromatic rings. The van der Waals surface area contributed by atoms with Crippen molar-refractivity contribution in [2.24, 2.45) is 0 Å². The van der Waals surface area contributed by atoms with Crippen molar-refractivity contribution < 1.29 is 14.6 Å². The first-order chi connectivity index (χ1) is 12.5. The van der Waals surface area contributed by atoms with Crippen LogP contribution in [0, 0.1) is 31.9 Å². The minimum absolute atomic E-state index is 0.0874. The van der Waals surface area contributed by atoms with Crippen molar-refractivity contribution in [3.63, 3.8) is 0 Å². The molecule has 0 N–H and O–H groups in total. The first kappa shape index (κ1) is 20.8. The van der Waals surface area contributed by atoms with Crippen molar-refractivity contribution in [3.05, 3.63) is 70.5 Å². The van der Waals surface area contributed by atoms with Gasteiger partial charge in [-0.3, -0.25) is 39.0 Å². The number of allylic oxidation sites excluding steroid dienone is 2. The van der Waals surface area contributed by atoms with Crippen LogP contribution in [0.1, 0.15) is 30.4 Å². The van der Waals surface area contributed by atoms with Crippen LogP contribution in [0.4, 0.5) is 0 Å². The molecule has 144 valence electrons. The van der Waals surface area contributed by atoms with Crippen LogP contribution in [-0.2, 0) is 0 Å². The van der Waals surface area contributed by atoms with E-state index in [0.717, 1.165) is 16.7 Å². The summed E-state index contributed by atoms with van der Waals surface area (Å²) in [7, 11) is 0. The van der Waals surface area contributed by atoms with E-state index in [1.807, 2.05) is 0 Å². The maximum absolute atomic E-state index is 13.0. The van der Waals surface area contributed by atoms with Crippen molar-refractivity contribution in [2.45, 2.75) is 37.7 Å². The molecule has 2 unspecified atom stereocenters.